The van der Waals surface area contributed by atoms with Gasteiger partial charge in [-0.05, 0) is 35.4 Å². The lowest BCUT2D eigenvalue weighted by molar-refractivity contribution is -0.147. The quantitative estimate of drug-likeness (QED) is 0.324. The molecule has 0 unspecified atom stereocenters. The Bertz CT molecular complexity index is 1240. The van der Waals surface area contributed by atoms with Crippen LogP contribution in [0, 0.1) is 0 Å². The van der Waals surface area contributed by atoms with Crippen LogP contribution >= 0.6 is 0 Å². The maximum atomic E-state index is 12.1. The Morgan fingerprint density at radius 1 is 0.871 bits per heavy atom. The van der Waals surface area contributed by atoms with Crippen molar-refractivity contribution in [2.75, 3.05) is 13.7 Å². The standard InChI is InChI=1S/C25H20O6/c1-28-21-11-12-22-19(13-24(26)31-23(22)14-21)15-30-25(27)16-29-20-9-7-18(8-10-20)17-5-3-2-4-6-17/h2-14H,15-16H2,1H3. The summed E-state index contributed by atoms with van der Waals surface area (Å²) in [5, 5.41) is 0.672. The van der Waals surface area contributed by atoms with Crippen LogP contribution in [0.1, 0.15) is 5.56 Å². The molecule has 0 aliphatic rings. The van der Waals surface area contributed by atoms with Crippen LogP contribution in [0.15, 0.2) is 88.1 Å². The van der Waals surface area contributed by atoms with Crippen molar-refractivity contribution in [1.29, 1.82) is 0 Å². The summed E-state index contributed by atoms with van der Waals surface area (Å²) in [7, 11) is 1.53. The van der Waals surface area contributed by atoms with Gasteiger partial charge in [-0.15, -0.1) is 0 Å². The molecule has 0 saturated carbocycles. The number of carbonyl (C=O) groups is 1. The van der Waals surface area contributed by atoms with E-state index in [1.54, 1.807) is 30.3 Å². The number of hydrogen-bond donors (Lipinski definition) is 0. The minimum Gasteiger partial charge on any atom is -0.497 e. The van der Waals surface area contributed by atoms with Gasteiger partial charge in [0.2, 0.25) is 0 Å². The van der Waals surface area contributed by atoms with Crippen LogP contribution < -0.4 is 15.1 Å². The third-order valence-corrected chi connectivity index (χ3v) is 4.74. The van der Waals surface area contributed by atoms with Crippen molar-refractivity contribution in [2.45, 2.75) is 6.61 Å². The number of esters is 1. The van der Waals surface area contributed by atoms with Crippen LogP contribution in [0.4, 0.5) is 0 Å². The van der Waals surface area contributed by atoms with Crippen molar-refractivity contribution in [3.05, 3.63) is 94.8 Å². The maximum absolute atomic E-state index is 12.1. The van der Waals surface area contributed by atoms with Gasteiger partial charge in [-0.3, -0.25) is 0 Å². The molecule has 0 bridgehead atoms. The monoisotopic (exact) mass is 416 g/mol. The second-order valence-corrected chi connectivity index (χ2v) is 6.79. The Labute approximate surface area is 178 Å². The topological polar surface area (TPSA) is 75.0 Å². The molecule has 156 valence electrons. The normalized spacial score (nSPS) is 10.6. The Morgan fingerprint density at radius 3 is 2.32 bits per heavy atom. The fourth-order valence-electron chi connectivity index (χ4n) is 3.17. The number of carbonyl (C=O) groups excluding carboxylic acids is 1. The first-order valence-corrected chi connectivity index (χ1v) is 9.67. The predicted molar refractivity (Wildman–Crippen MR) is 116 cm³/mol. The molecule has 0 N–H and O–H groups in total. The highest BCUT2D eigenvalue weighted by molar-refractivity contribution is 5.81. The van der Waals surface area contributed by atoms with Gasteiger partial charge in [0.1, 0.15) is 23.7 Å². The van der Waals surface area contributed by atoms with E-state index in [4.69, 9.17) is 18.6 Å². The first-order chi connectivity index (χ1) is 15.1. The van der Waals surface area contributed by atoms with E-state index in [0.717, 1.165) is 11.1 Å². The van der Waals surface area contributed by atoms with E-state index in [-0.39, 0.29) is 13.2 Å². The SMILES string of the molecule is COc1ccc2c(COC(=O)COc3ccc(-c4ccccc4)cc3)cc(=O)oc2c1. The molecule has 0 saturated heterocycles. The average molecular weight is 416 g/mol. The lowest BCUT2D eigenvalue weighted by Crippen LogP contribution is -2.15. The number of methoxy groups -OCH3 is 1. The zero-order chi connectivity index (χ0) is 21.6. The molecule has 1 aromatic heterocycles. The highest BCUT2D eigenvalue weighted by Crippen LogP contribution is 2.24. The third-order valence-electron chi connectivity index (χ3n) is 4.74. The Kier molecular flexibility index (Phi) is 5.98. The molecule has 31 heavy (non-hydrogen) atoms. The van der Waals surface area contributed by atoms with E-state index in [2.05, 4.69) is 0 Å². The van der Waals surface area contributed by atoms with Gasteiger partial charge in [-0.2, -0.15) is 0 Å². The van der Waals surface area contributed by atoms with Crippen molar-refractivity contribution >= 4 is 16.9 Å². The Balaban J connectivity index is 1.36. The molecule has 0 amide bonds. The largest absolute Gasteiger partial charge is 0.497 e. The van der Waals surface area contributed by atoms with Gasteiger partial charge in [0, 0.05) is 23.1 Å². The highest BCUT2D eigenvalue weighted by Gasteiger charge is 2.11. The first kappa shape index (κ1) is 20.2. The number of rotatable bonds is 7. The van der Waals surface area contributed by atoms with Gasteiger partial charge in [0.25, 0.3) is 0 Å². The van der Waals surface area contributed by atoms with Gasteiger partial charge in [0.15, 0.2) is 6.61 Å². The third kappa shape index (κ3) is 4.93. The van der Waals surface area contributed by atoms with Crippen LogP contribution in [0.5, 0.6) is 11.5 Å². The van der Waals surface area contributed by atoms with Crippen LogP contribution in [0.25, 0.3) is 22.1 Å². The van der Waals surface area contributed by atoms with Gasteiger partial charge in [-0.25, -0.2) is 9.59 Å². The van der Waals surface area contributed by atoms with Gasteiger partial charge >= 0.3 is 11.6 Å². The maximum Gasteiger partial charge on any atom is 0.344 e. The molecule has 0 atom stereocenters. The zero-order valence-corrected chi connectivity index (χ0v) is 16.9. The molecule has 0 spiro atoms. The first-order valence-electron chi connectivity index (χ1n) is 9.67. The van der Waals surface area contributed by atoms with Crippen molar-refractivity contribution in [1.82, 2.24) is 0 Å². The summed E-state index contributed by atoms with van der Waals surface area (Å²) in [6.07, 6.45) is 0. The minimum absolute atomic E-state index is 0.0659. The van der Waals surface area contributed by atoms with Crippen LogP contribution in [0.2, 0.25) is 0 Å². The molecular formula is C25H20O6. The predicted octanol–water partition coefficient (Wildman–Crippen LogP) is 4.59. The molecule has 1 heterocycles. The van der Waals surface area contributed by atoms with Crippen molar-refractivity contribution in [3.63, 3.8) is 0 Å². The number of hydrogen-bond acceptors (Lipinski definition) is 6. The molecule has 6 heteroatoms. The molecule has 4 aromatic rings. The van der Waals surface area contributed by atoms with E-state index in [9.17, 15) is 9.59 Å². The van der Waals surface area contributed by atoms with E-state index >= 15 is 0 Å². The fraction of sp³-hybridized carbons (Fsp3) is 0.120. The second-order valence-electron chi connectivity index (χ2n) is 6.79. The molecule has 0 fully saturated rings. The average Bonchev–Trinajstić information content (AvgIpc) is 2.81. The number of benzene rings is 3. The van der Waals surface area contributed by atoms with E-state index in [1.807, 2.05) is 42.5 Å². The highest BCUT2D eigenvalue weighted by atomic mass is 16.6. The van der Waals surface area contributed by atoms with Crippen LogP contribution in [0.3, 0.4) is 0 Å². The van der Waals surface area contributed by atoms with Gasteiger partial charge in [-0.1, -0.05) is 42.5 Å². The van der Waals surface area contributed by atoms with E-state index < -0.39 is 11.6 Å². The molecule has 4 rings (SSSR count). The van der Waals surface area contributed by atoms with Crippen LogP contribution in [-0.2, 0) is 16.1 Å². The van der Waals surface area contributed by atoms with Crippen molar-refractivity contribution < 1.29 is 23.4 Å². The van der Waals surface area contributed by atoms with Gasteiger partial charge in [0.05, 0.1) is 7.11 Å². The number of fused-ring (bicyclic) bond motifs is 1. The summed E-state index contributed by atoms with van der Waals surface area (Å²) in [4.78, 5) is 23.9. The molecule has 0 aliphatic heterocycles. The van der Waals surface area contributed by atoms with Crippen molar-refractivity contribution in [2.24, 2.45) is 0 Å². The Hall–Kier alpha value is -4.06. The summed E-state index contributed by atoms with van der Waals surface area (Å²) in [6.45, 7) is -0.304. The molecule has 6 nitrogen and oxygen atoms in total. The fourth-order valence-corrected chi connectivity index (χ4v) is 3.17. The summed E-state index contributed by atoms with van der Waals surface area (Å²) >= 11 is 0. The lowest BCUT2D eigenvalue weighted by atomic mass is 10.1. The lowest BCUT2D eigenvalue weighted by Gasteiger charge is -2.09. The Morgan fingerprint density at radius 2 is 1.58 bits per heavy atom. The molecular weight excluding hydrogens is 396 g/mol. The summed E-state index contributed by atoms with van der Waals surface area (Å²) in [5.41, 5.74) is 2.55. The van der Waals surface area contributed by atoms with Crippen LogP contribution in [-0.4, -0.2) is 19.7 Å². The van der Waals surface area contributed by atoms with Gasteiger partial charge < -0.3 is 18.6 Å². The zero-order valence-electron chi connectivity index (χ0n) is 16.9. The molecule has 0 radical (unpaired) electrons. The minimum atomic E-state index is -0.540. The summed E-state index contributed by atoms with van der Waals surface area (Å²) < 4.78 is 21.1. The van der Waals surface area contributed by atoms with E-state index in [1.165, 1.54) is 13.2 Å². The molecule has 0 aliphatic carbocycles. The molecule has 3 aromatic carbocycles. The van der Waals surface area contributed by atoms with E-state index in [0.29, 0.717) is 28.0 Å². The summed E-state index contributed by atoms with van der Waals surface area (Å²) in [5.74, 6) is 0.591. The summed E-state index contributed by atoms with van der Waals surface area (Å²) in [6, 6.07) is 23.9. The number of ether oxygens (including phenoxy) is 3. The van der Waals surface area contributed by atoms with Crippen molar-refractivity contribution in [3.8, 4) is 22.6 Å². The smallest absolute Gasteiger partial charge is 0.344 e. The second kappa shape index (κ2) is 9.17.